The van der Waals surface area contributed by atoms with Crippen molar-refractivity contribution < 1.29 is 5.11 Å². The summed E-state index contributed by atoms with van der Waals surface area (Å²) in [5.74, 6) is 0.735. The topological polar surface area (TPSA) is 45.1 Å². The molecule has 1 rings (SSSR count). The number of aliphatic hydroxyl groups is 1. The van der Waals surface area contributed by atoms with Gasteiger partial charge < -0.3 is 10.4 Å². The van der Waals surface area contributed by atoms with Gasteiger partial charge >= 0.3 is 0 Å². The van der Waals surface area contributed by atoms with Crippen molar-refractivity contribution in [3.05, 3.63) is 30.1 Å². The molecule has 0 aliphatic carbocycles. The fourth-order valence-electron chi connectivity index (χ4n) is 2.23. The normalized spacial score (nSPS) is 18.1. The van der Waals surface area contributed by atoms with Crippen LogP contribution in [-0.2, 0) is 0 Å². The maximum Gasteiger partial charge on any atom is 0.0769 e. The lowest BCUT2D eigenvalue weighted by Crippen LogP contribution is -2.45. The smallest absolute Gasteiger partial charge is 0.0769 e. The Kier molecular flexibility index (Phi) is 5.95. The molecule has 0 bridgehead atoms. The molecule has 0 saturated carbocycles. The summed E-state index contributed by atoms with van der Waals surface area (Å²) in [6.07, 6.45) is 4.67. The Bertz CT molecular complexity index is 362. The van der Waals surface area contributed by atoms with E-state index < -0.39 is 5.60 Å². The number of hydrogen-bond donors (Lipinski definition) is 2. The van der Waals surface area contributed by atoms with Gasteiger partial charge in [0.15, 0.2) is 0 Å². The van der Waals surface area contributed by atoms with E-state index in [0.29, 0.717) is 12.5 Å². The first kappa shape index (κ1) is 16.1. The number of hydrogen-bond acceptors (Lipinski definition) is 3. The molecule has 0 fully saturated rings. The van der Waals surface area contributed by atoms with Crippen molar-refractivity contribution in [3.63, 3.8) is 0 Å². The van der Waals surface area contributed by atoms with Crippen molar-refractivity contribution in [2.24, 2.45) is 11.8 Å². The molecule has 19 heavy (non-hydrogen) atoms. The Balaban J connectivity index is 2.71. The highest BCUT2D eigenvalue weighted by Gasteiger charge is 2.28. The van der Waals surface area contributed by atoms with Gasteiger partial charge in [-0.2, -0.15) is 0 Å². The molecule has 0 radical (unpaired) electrons. The Labute approximate surface area is 117 Å². The van der Waals surface area contributed by atoms with Crippen molar-refractivity contribution >= 4 is 0 Å². The quantitative estimate of drug-likeness (QED) is 0.795. The van der Waals surface area contributed by atoms with Crippen LogP contribution in [0.2, 0.25) is 0 Å². The average Bonchev–Trinajstić information content (AvgIpc) is 2.38. The van der Waals surface area contributed by atoms with E-state index in [1.54, 1.807) is 6.20 Å². The van der Waals surface area contributed by atoms with Crippen LogP contribution < -0.4 is 5.32 Å². The van der Waals surface area contributed by atoms with Gasteiger partial charge in [0.2, 0.25) is 0 Å². The van der Waals surface area contributed by atoms with Gasteiger partial charge in [-0.3, -0.25) is 4.98 Å². The average molecular weight is 264 g/mol. The van der Waals surface area contributed by atoms with Crippen molar-refractivity contribution in [1.29, 1.82) is 0 Å². The third-order valence-electron chi connectivity index (χ3n) is 4.06. The molecule has 3 nitrogen and oxygen atoms in total. The van der Waals surface area contributed by atoms with Crippen LogP contribution in [0, 0.1) is 11.8 Å². The number of nitrogens with zero attached hydrogens (tertiary/aromatic N) is 1. The Hall–Kier alpha value is -0.930. The van der Waals surface area contributed by atoms with Gasteiger partial charge in [0.25, 0.3) is 0 Å². The molecule has 0 saturated heterocycles. The molecule has 2 N–H and O–H groups in total. The summed E-state index contributed by atoms with van der Waals surface area (Å²) in [7, 11) is 0. The first-order valence-corrected chi connectivity index (χ1v) is 7.24. The molecule has 0 amide bonds. The lowest BCUT2D eigenvalue weighted by atomic mass is 9.87. The van der Waals surface area contributed by atoms with Crippen LogP contribution in [0.5, 0.6) is 0 Å². The highest BCUT2D eigenvalue weighted by atomic mass is 16.3. The Morgan fingerprint density at radius 1 is 1.37 bits per heavy atom. The monoisotopic (exact) mass is 264 g/mol. The lowest BCUT2D eigenvalue weighted by molar-refractivity contribution is 0.00198. The first-order valence-electron chi connectivity index (χ1n) is 7.24. The molecule has 3 atom stereocenters. The fourth-order valence-corrected chi connectivity index (χ4v) is 2.23. The van der Waals surface area contributed by atoms with Crippen LogP contribution in [0.25, 0.3) is 0 Å². The molecule has 0 aromatic carbocycles. The first-order chi connectivity index (χ1) is 8.88. The summed E-state index contributed by atoms with van der Waals surface area (Å²) in [6.45, 7) is 11.1. The van der Waals surface area contributed by atoms with Crippen LogP contribution in [-0.4, -0.2) is 22.2 Å². The van der Waals surface area contributed by atoms with E-state index in [4.69, 9.17) is 0 Å². The minimum atomic E-state index is -0.676. The zero-order chi connectivity index (χ0) is 14.5. The number of rotatable bonds is 7. The zero-order valence-electron chi connectivity index (χ0n) is 12.9. The van der Waals surface area contributed by atoms with Crippen LogP contribution in [0.1, 0.15) is 52.6 Å². The summed E-state index contributed by atoms with van der Waals surface area (Å²) in [5.41, 5.74) is 0.502. The summed E-state index contributed by atoms with van der Waals surface area (Å²) >= 11 is 0. The minimum absolute atomic E-state index is 0.226. The molecule has 0 spiro atoms. The predicted molar refractivity (Wildman–Crippen MR) is 79.9 cm³/mol. The maximum absolute atomic E-state index is 10.5. The van der Waals surface area contributed by atoms with E-state index in [-0.39, 0.29) is 12.0 Å². The Morgan fingerprint density at radius 3 is 2.53 bits per heavy atom. The van der Waals surface area contributed by atoms with Gasteiger partial charge in [-0.15, -0.1) is 0 Å². The van der Waals surface area contributed by atoms with E-state index >= 15 is 0 Å². The molecule has 1 aromatic rings. The molecule has 1 aromatic heterocycles. The second-order valence-corrected chi connectivity index (χ2v) is 6.06. The van der Waals surface area contributed by atoms with E-state index in [1.165, 1.54) is 5.56 Å². The summed E-state index contributed by atoms with van der Waals surface area (Å²) in [6, 6.07) is 4.27. The molecular formula is C16H28N2O. The summed E-state index contributed by atoms with van der Waals surface area (Å²) < 4.78 is 0. The van der Waals surface area contributed by atoms with Crippen molar-refractivity contribution in [2.45, 2.75) is 52.7 Å². The fraction of sp³-hybridized carbons (Fsp3) is 0.688. The van der Waals surface area contributed by atoms with Gasteiger partial charge in [0.1, 0.15) is 0 Å². The van der Waals surface area contributed by atoms with Gasteiger partial charge in [-0.25, -0.2) is 0 Å². The predicted octanol–water partition coefficient (Wildman–Crippen LogP) is 3.17. The number of pyridine rings is 1. The van der Waals surface area contributed by atoms with Gasteiger partial charge in [-0.1, -0.05) is 40.2 Å². The molecule has 1 heterocycles. The van der Waals surface area contributed by atoms with Gasteiger partial charge in [0.05, 0.1) is 5.60 Å². The van der Waals surface area contributed by atoms with E-state index in [9.17, 15) is 5.11 Å². The van der Waals surface area contributed by atoms with Crippen LogP contribution >= 0.6 is 0 Å². The number of nitrogens with one attached hydrogen (secondary N) is 1. The molecule has 0 aliphatic rings. The SMILES string of the molecule is CCC(C)C(C)(O)CNC(c1cccnc1)C(C)C. The minimum Gasteiger partial charge on any atom is -0.389 e. The summed E-state index contributed by atoms with van der Waals surface area (Å²) in [4.78, 5) is 4.18. The zero-order valence-corrected chi connectivity index (χ0v) is 12.9. The van der Waals surface area contributed by atoms with E-state index in [1.807, 2.05) is 19.2 Å². The van der Waals surface area contributed by atoms with Crippen molar-refractivity contribution in [2.75, 3.05) is 6.54 Å². The van der Waals surface area contributed by atoms with Crippen molar-refractivity contribution in [3.8, 4) is 0 Å². The highest BCUT2D eigenvalue weighted by molar-refractivity contribution is 5.14. The van der Waals surface area contributed by atoms with Gasteiger partial charge in [0, 0.05) is 25.0 Å². The highest BCUT2D eigenvalue weighted by Crippen LogP contribution is 2.24. The van der Waals surface area contributed by atoms with E-state index in [0.717, 1.165) is 6.42 Å². The van der Waals surface area contributed by atoms with Gasteiger partial charge in [-0.05, 0) is 30.4 Å². The molecular weight excluding hydrogens is 236 g/mol. The molecule has 3 unspecified atom stereocenters. The summed E-state index contributed by atoms with van der Waals surface area (Å²) in [5, 5.41) is 14.0. The van der Waals surface area contributed by atoms with E-state index in [2.05, 4.69) is 44.1 Å². The molecule has 0 aliphatic heterocycles. The molecule has 3 heteroatoms. The van der Waals surface area contributed by atoms with Crippen LogP contribution in [0.4, 0.5) is 0 Å². The van der Waals surface area contributed by atoms with Crippen molar-refractivity contribution in [1.82, 2.24) is 10.3 Å². The maximum atomic E-state index is 10.5. The second kappa shape index (κ2) is 7.01. The van der Waals surface area contributed by atoms with Crippen LogP contribution in [0.3, 0.4) is 0 Å². The molecule has 108 valence electrons. The number of aromatic nitrogens is 1. The second-order valence-electron chi connectivity index (χ2n) is 6.06. The standard InChI is InChI=1S/C16H28N2O/c1-6-13(4)16(5,19)11-18-15(12(2)3)14-8-7-9-17-10-14/h7-10,12-13,15,18-19H,6,11H2,1-5H3. The third kappa shape index (κ3) is 4.59. The third-order valence-corrected chi connectivity index (χ3v) is 4.06. The van der Waals surface area contributed by atoms with Crippen LogP contribution in [0.15, 0.2) is 24.5 Å². The lowest BCUT2D eigenvalue weighted by Gasteiger charge is -2.33. The largest absolute Gasteiger partial charge is 0.389 e. The Morgan fingerprint density at radius 2 is 2.05 bits per heavy atom.